The summed E-state index contributed by atoms with van der Waals surface area (Å²) < 4.78 is 3.85. The molecule has 0 saturated heterocycles. The van der Waals surface area contributed by atoms with Crippen LogP contribution in [0.4, 0.5) is 0 Å². The summed E-state index contributed by atoms with van der Waals surface area (Å²) in [6.07, 6.45) is 0.984. The SMILES string of the molecule is Cc1nnnn1CCCSc1nnc(-c2cccs2)n1C. The topological polar surface area (TPSA) is 74.3 Å². The standard InChI is InChI=1S/C12H15N7S2/c1-9-13-16-17-19(9)6-4-8-21-12-15-14-11(18(12)2)10-5-3-7-20-10/h3,5,7H,4,6,8H2,1-2H3. The molecule has 0 radical (unpaired) electrons. The molecule has 0 fully saturated rings. The Balaban J connectivity index is 1.55. The maximum atomic E-state index is 4.27. The Bertz CT molecular complexity index is 701. The number of aryl methyl sites for hydroxylation is 2. The number of tetrazole rings is 1. The van der Waals surface area contributed by atoms with E-state index in [2.05, 4.69) is 31.8 Å². The monoisotopic (exact) mass is 321 g/mol. The van der Waals surface area contributed by atoms with Gasteiger partial charge in [-0.2, -0.15) is 0 Å². The van der Waals surface area contributed by atoms with E-state index in [1.165, 1.54) is 0 Å². The van der Waals surface area contributed by atoms with Crippen molar-refractivity contribution in [3.8, 4) is 10.7 Å². The summed E-state index contributed by atoms with van der Waals surface area (Å²) in [6.45, 7) is 2.73. The molecule has 3 rings (SSSR count). The lowest BCUT2D eigenvalue weighted by Gasteiger charge is -2.03. The Labute approximate surface area is 130 Å². The van der Waals surface area contributed by atoms with Crippen LogP contribution in [-0.2, 0) is 13.6 Å². The number of thioether (sulfide) groups is 1. The zero-order valence-corrected chi connectivity index (χ0v) is 13.4. The maximum absolute atomic E-state index is 4.27. The van der Waals surface area contributed by atoms with Gasteiger partial charge in [0, 0.05) is 19.3 Å². The fraction of sp³-hybridized carbons (Fsp3) is 0.417. The first-order valence-electron chi connectivity index (χ1n) is 6.54. The predicted molar refractivity (Wildman–Crippen MR) is 82.2 cm³/mol. The van der Waals surface area contributed by atoms with Crippen LogP contribution >= 0.6 is 23.1 Å². The van der Waals surface area contributed by atoms with Crippen molar-refractivity contribution < 1.29 is 0 Å². The Hall–Kier alpha value is -1.74. The van der Waals surface area contributed by atoms with Crippen LogP contribution in [-0.4, -0.2) is 40.7 Å². The summed E-state index contributed by atoms with van der Waals surface area (Å²) in [5.41, 5.74) is 0. The van der Waals surface area contributed by atoms with E-state index >= 15 is 0 Å². The van der Waals surface area contributed by atoms with Crippen LogP contribution in [0.2, 0.25) is 0 Å². The van der Waals surface area contributed by atoms with Crippen molar-refractivity contribution >= 4 is 23.1 Å². The van der Waals surface area contributed by atoms with Crippen molar-refractivity contribution in [3.63, 3.8) is 0 Å². The van der Waals surface area contributed by atoms with Gasteiger partial charge in [-0.3, -0.25) is 0 Å². The number of thiophene rings is 1. The third kappa shape index (κ3) is 3.13. The molecule has 0 spiro atoms. The van der Waals surface area contributed by atoms with Crippen LogP contribution in [0, 0.1) is 6.92 Å². The molecule has 3 heterocycles. The maximum Gasteiger partial charge on any atom is 0.191 e. The Morgan fingerprint density at radius 3 is 2.90 bits per heavy atom. The van der Waals surface area contributed by atoms with E-state index in [1.807, 2.05) is 34.7 Å². The molecule has 9 heteroatoms. The van der Waals surface area contributed by atoms with Crippen molar-refractivity contribution in [1.29, 1.82) is 0 Å². The zero-order chi connectivity index (χ0) is 14.7. The summed E-state index contributed by atoms with van der Waals surface area (Å²) >= 11 is 3.38. The van der Waals surface area contributed by atoms with Crippen LogP contribution in [0.25, 0.3) is 10.7 Å². The lowest BCUT2D eigenvalue weighted by Crippen LogP contribution is -2.04. The van der Waals surface area contributed by atoms with Crippen molar-refractivity contribution in [2.75, 3.05) is 5.75 Å². The molecule has 0 bridgehead atoms. The van der Waals surface area contributed by atoms with Gasteiger partial charge in [-0.1, -0.05) is 17.8 Å². The molecule has 0 aromatic carbocycles. The highest BCUT2D eigenvalue weighted by Crippen LogP contribution is 2.26. The average molecular weight is 321 g/mol. The molecule has 7 nitrogen and oxygen atoms in total. The lowest BCUT2D eigenvalue weighted by atomic mass is 10.4. The minimum Gasteiger partial charge on any atom is -0.305 e. The number of nitrogens with zero attached hydrogens (tertiary/aromatic N) is 7. The van der Waals surface area contributed by atoms with Gasteiger partial charge in [0.15, 0.2) is 11.0 Å². The van der Waals surface area contributed by atoms with Crippen molar-refractivity contribution in [3.05, 3.63) is 23.3 Å². The number of aromatic nitrogens is 7. The predicted octanol–water partition coefficient (Wildman–Crippen LogP) is 2.02. The first kappa shape index (κ1) is 14.2. The Morgan fingerprint density at radius 2 is 2.19 bits per heavy atom. The molecule has 0 amide bonds. The highest BCUT2D eigenvalue weighted by atomic mass is 32.2. The molecular weight excluding hydrogens is 306 g/mol. The first-order valence-corrected chi connectivity index (χ1v) is 8.41. The molecule has 0 aliphatic rings. The second-order valence-corrected chi connectivity index (χ2v) is 6.50. The van der Waals surface area contributed by atoms with Crippen molar-refractivity contribution in [2.24, 2.45) is 7.05 Å². The molecule has 3 aromatic heterocycles. The third-order valence-electron chi connectivity index (χ3n) is 3.03. The summed E-state index contributed by atoms with van der Waals surface area (Å²) in [4.78, 5) is 1.14. The molecular formula is C12H15N7S2. The van der Waals surface area contributed by atoms with E-state index in [-0.39, 0.29) is 0 Å². The van der Waals surface area contributed by atoms with E-state index in [0.717, 1.165) is 40.4 Å². The minimum atomic E-state index is 0.821. The minimum absolute atomic E-state index is 0.821. The zero-order valence-electron chi connectivity index (χ0n) is 11.8. The van der Waals surface area contributed by atoms with Gasteiger partial charge >= 0.3 is 0 Å². The van der Waals surface area contributed by atoms with Gasteiger partial charge in [0.1, 0.15) is 5.82 Å². The van der Waals surface area contributed by atoms with Gasteiger partial charge in [-0.25, -0.2) is 4.68 Å². The number of hydrogen-bond acceptors (Lipinski definition) is 7. The molecule has 21 heavy (non-hydrogen) atoms. The molecule has 0 saturated carbocycles. The highest BCUT2D eigenvalue weighted by Gasteiger charge is 2.11. The molecule has 3 aromatic rings. The van der Waals surface area contributed by atoms with E-state index in [0.29, 0.717) is 0 Å². The van der Waals surface area contributed by atoms with Gasteiger partial charge < -0.3 is 4.57 Å². The summed E-state index contributed by atoms with van der Waals surface area (Å²) in [6, 6.07) is 4.08. The molecule has 0 unspecified atom stereocenters. The van der Waals surface area contributed by atoms with Crippen molar-refractivity contribution in [2.45, 2.75) is 25.0 Å². The molecule has 0 atom stereocenters. The largest absolute Gasteiger partial charge is 0.305 e. The van der Waals surface area contributed by atoms with Crippen LogP contribution in [0.5, 0.6) is 0 Å². The van der Waals surface area contributed by atoms with Gasteiger partial charge in [-0.15, -0.1) is 26.6 Å². The first-order chi connectivity index (χ1) is 10.3. The van der Waals surface area contributed by atoms with E-state index < -0.39 is 0 Å². The van der Waals surface area contributed by atoms with Gasteiger partial charge in [-0.05, 0) is 35.2 Å². The van der Waals surface area contributed by atoms with Gasteiger partial charge in [0.25, 0.3) is 0 Å². The Kier molecular flexibility index (Phi) is 4.30. The smallest absolute Gasteiger partial charge is 0.191 e. The molecule has 0 aliphatic heterocycles. The van der Waals surface area contributed by atoms with Crippen molar-refractivity contribution in [1.82, 2.24) is 35.0 Å². The number of rotatable bonds is 6. The second-order valence-electron chi connectivity index (χ2n) is 4.49. The van der Waals surface area contributed by atoms with Gasteiger partial charge in [0.05, 0.1) is 4.88 Å². The van der Waals surface area contributed by atoms with Gasteiger partial charge in [0.2, 0.25) is 0 Å². The highest BCUT2D eigenvalue weighted by molar-refractivity contribution is 7.99. The quantitative estimate of drug-likeness (QED) is 0.511. The van der Waals surface area contributed by atoms with Crippen LogP contribution in [0.1, 0.15) is 12.2 Å². The molecule has 0 N–H and O–H groups in total. The van der Waals surface area contributed by atoms with E-state index in [1.54, 1.807) is 23.1 Å². The summed E-state index contributed by atoms with van der Waals surface area (Å²) in [5.74, 6) is 2.72. The summed E-state index contributed by atoms with van der Waals surface area (Å²) in [7, 11) is 2.00. The fourth-order valence-electron chi connectivity index (χ4n) is 1.89. The second kappa shape index (κ2) is 6.35. The Morgan fingerprint density at radius 1 is 1.29 bits per heavy atom. The number of hydrogen-bond donors (Lipinski definition) is 0. The van der Waals surface area contributed by atoms with Crippen LogP contribution < -0.4 is 0 Å². The lowest BCUT2D eigenvalue weighted by molar-refractivity contribution is 0.568. The van der Waals surface area contributed by atoms with Crippen LogP contribution in [0.3, 0.4) is 0 Å². The van der Waals surface area contributed by atoms with E-state index in [4.69, 9.17) is 0 Å². The van der Waals surface area contributed by atoms with Crippen LogP contribution in [0.15, 0.2) is 22.7 Å². The molecule has 110 valence electrons. The normalized spacial score (nSPS) is 11.1. The fourth-order valence-corrected chi connectivity index (χ4v) is 3.47. The average Bonchev–Trinajstić information content (AvgIpc) is 3.18. The summed E-state index contributed by atoms with van der Waals surface area (Å²) in [5, 5.41) is 22.9. The van der Waals surface area contributed by atoms with E-state index in [9.17, 15) is 0 Å². The molecule has 0 aliphatic carbocycles. The third-order valence-corrected chi connectivity index (χ3v) is 5.01.